The van der Waals surface area contributed by atoms with Gasteiger partial charge in [0.25, 0.3) is 5.91 Å². The highest BCUT2D eigenvalue weighted by Crippen LogP contribution is 2.39. The number of halogens is 2. The molecule has 9 heteroatoms. The van der Waals surface area contributed by atoms with Gasteiger partial charge in [0, 0.05) is 17.6 Å². The Bertz CT molecular complexity index is 1040. The first-order valence-electron chi connectivity index (χ1n) is 10.1. The smallest absolute Gasteiger partial charge is 0.318 e. The van der Waals surface area contributed by atoms with Gasteiger partial charge >= 0.3 is 6.03 Å². The molecule has 2 aromatic rings. The minimum absolute atomic E-state index is 0.0718. The van der Waals surface area contributed by atoms with E-state index in [1.807, 2.05) is 41.5 Å². The maximum Gasteiger partial charge on any atom is 0.318 e. The molecule has 2 heterocycles. The van der Waals surface area contributed by atoms with E-state index in [1.54, 1.807) is 9.58 Å². The number of hydrogen-bond donors (Lipinski definition) is 2. The number of carbonyl (C=O) groups is 2. The predicted octanol–water partition coefficient (Wildman–Crippen LogP) is 4.35. The summed E-state index contributed by atoms with van der Waals surface area (Å²) >= 11 is 5.96. The summed E-state index contributed by atoms with van der Waals surface area (Å²) in [4.78, 5) is 27.1. The first kappa shape index (κ1) is 23.1. The van der Waals surface area contributed by atoms with Gasteiger partial charge in [0.2, 0.25) is 0 Å². The Balaban J connectivity index is 2.17. The predicted molar refractivity (Wildman–Crippen MR) is 118 cm³/mol. The van der Waals surface area contributed by atoms with Crippen molar-refractivity contribution in [3.63, 3.8) is 0 Å². The molecule has 1 atom stereocenters. The van der Waals surface area contributed by atoms with Crippen LogP contribution in [0.4, 0.5) is 9.18 Å². The van der Waals surface area contributed by atoms with E-state index in [4.69, 9.17) is 22.4 Å². The Morgan fingerprint density at radius 2 is 1.87 bits per heavy atom. The van der Waals surface area contributed by atoms with E-state index in [1.165, 1.54) is 18.2 Å². The fourth-order valence-electron chi connectivity index (χ4n) is 3.71. The van der Waals surface area contributed by atoms with Gasteiger partial charge in [-0.25, -0.2) is 9.18 Å². The van der Waals surface area contributed by atoms with Crippen molar-refractivity contribution in [2.24, 2.45) is 11.1 Å². The molecule has 1 aliphatic rings. The summed E-state index contributed by atoms with van der Waals surface area (Å²) in [6, 6.07) is 3.73. The van der Waals surface area contributed by atoms with E-state index in [0.717, 1.165) is 0 Å². The molecule has 0 bridgehead atoms. The van der Waals surface area contributed by atoms with Crippen LogP contribution in [0.15, 0.2) is 18.2 Å². The van der Waals surface area contributed by atoms with Crippen molar-refractivity contribution in [2.75, 3.05) is 6.54 Å². The third-order valence-electron chi connectivity index (χ3n) is 5.25. The van der Waals surface area contributed by atoms with Gasteiger partial charge in [-0.2, -0.15) is 5.10 Å². The minimum Gasteiger partial charge on any atom is -0.365 e. The molecular formula is C22H29ClFN5O2. The van der Waals surface area contributed by atoms with Gasteiger partial charge in [0.1, 0.15) is 11.5 Å². The maximum absolute atomic E-state index is 13.7. The number of rotatable bonds is 2. The lowest BCUT2D eigenvalue weighted by atomic mass is 9.85. The summed E-state index contributed by atoms with van der Waals surface area (Å²) in [5, 5.41) is 7.61. The van der Waals surface area contributed by atoms with Gasteiger partial charge in [0.15, 0.2) is 0 Å². The molecule has 3 amide bonds. The van der Waals surface area contributed by atoms with Gasteiger partial charge in [-0.05, 0) is 44.4 Å². The average Bonchev–Trinajstić information content (AvgIpc) is 3.00. The maximum atomic E-state index is 13.7. The highest BCUT2D eigenvalue weighted by molar-refractivity contribution is 6.31. The number of primary amides is 1. The number of urea groups is 1. The van der Waals surface area contributed by atoms with Crippen LogP contribution in [0.5, 0.6) is 0 Å². The third-order valence-corrected chi connectivity index (χ3v) is 5.54. The number of benzene rings is 1. The number of amides is 3. The molecule has 0 fully saturated rings. The Kier molecular flexibility index (Phi) is 5.82. The Morgan fingerprint density at radius 1 is 1.23 bits per heavy atom. The van der Waals surface area contributed by atoms with Gasteiger partial charge in [-0.1, -0.05) is 32.4 Å². The Hall–Kier alpha value is -2.61. The molecule has 3 rings (SSSR count). The zero-order valence-electron chi connectivity index (χ0n) is 18.7. The normalized spacial score (nSPS) is 16.8. The fourth-order valence-corrected chi connectivity index (χ4v) is 3.89. The molecular weight excluding hydrogens is 421 g/mol. The third kappa shape index (κ3) is 4.69. The summed E-state index contributed by atoms with van der Waals surface area (Å²) in [5.41, 5.74) is 6.65. The second-order valence-corrected chi connectivity index (χ2v) is 10.5. The van der Waals surface area contributed by atoms with Crippen molar-refractivity contribution in [3.05, 3.63) is 40.3 Å². The van der Waals surface area contributed by atoms with E-state index in [0.29, 0.717) is 23.5 Å². The van der Waals surface area contributed by atoms with Crippen LogP contribution < -0.4 is 11.1 Å². The highest BCUT2D eigenvalue weighted by atomic mass is 35.5. The quantitative estimate of drug-likeness (QED) is 0.713. The molecule has 0 spiro atoms. The largest absolute Gasteiger partial charge is 0.365 e. The number of nitrogens with one attached hydrogen (secondary N) is 1. The number of aromatic nitrogens is 2. The number of fused-ring (bicyclic) bond motifs is 1. The second kappa shape index (κ2) is 7.82. The van der Waals surface area contributed by atoms with Crippen LogP contribution >= 0.6 is 11.6 Å². The van der Waals surface area contributed by atoms with E-state index < -0.39 is 17.3 Å². The second-order valence-electron chi connectivity index (χ2n) is 10.1. The molecule has 0 radical (unpaired) electrons. The van der Waals surface area contributed by atoms with Gasteiger partial charge in [-0.3, -0.25) is 9.48 Å². The van der Waals surface area contributed by atoms with Gasteiger partial charge in [0.05, 0.1) is 28.9 Å². The summed E-state index contributed by atoms with van der Waals surface area (Å²) in [7, 11) is 0. The van der Waals surface area contributed by atoms with Crippen LogP contribution in [-0.2, 0) is 6.54 Å². The molecule has 7 nitrogen and oxygen atoms in total. The van der Waals surface area contributed by atoms with Gasteiger partial charge < -0.3 is 16.0 Å². The number of nitrogens with zero attached hydrogens (tertiary/aromatic N) is 3. The van der Waals surface area contributed by atoms with Crippen LogP contribution in [-0.4, -0.2) is 38.7 Å². The van der Waals surface area contributed by atoms with Crippen molar-refractivity contribution in [1.29, 1.82) is 0 Å². The van der Waals surface area contributed by atoms with E-state index in [-0.39, 0.29) is 34.6 Å². The Labute approximate surface area is 186 Å². The van der Waals surface area contributed by atoms with Gasteiger partial charge in [-0.15, -0.1) is 0 Å². The van der Waals surface area contributed by atoms with Crippen molar-refractivity contribution < 1.29 is 14.0 Å². The molecule has 3 N–H and O–H groups in total. The van der Waals surface area contributed by atoms with Crippen LogP contribution in [0.1, 0.15) is 63.6 Å². The van der Waals surface area contributed by atoms with Crippen LogP contribution in [0, 0.1) is 11.2 Å². The van der Waals surface area contributed by atoms with Crippen LogP contribution in [0.2, 0.25) is 5.02 Å². The van der Waals surface area contributed by atoms with Crippen LogP contribution in [0.3, 0.4) is 0 Å². The number of nitrogens with two attached hydrogens (primary N) is 1. The van der Waals surface area contributed by atoms with Crippen molar-refractivity contribution in [3.8, 4) is 11.3 Å². The number of carbonyl (C=O) groups excluding carboxylic acids is 2. The summed E-state index contributed by atoms with van der Waals surface area (Å²) in [6.07, 6.45) is 0. The van der Waals surface area contributed by atoms with E-state index >= 15 is 0 Å². The molecule has 1 unspecified atom stereocenters. The SMILES string of the molecule is CC(C)(C)NC(=O)N1Cc2c(C(N)=O)c(-c3ccc(F)c(Cl)c3)nn2C(C(C)(C)C)C1. The van der Waals surface area contributed by atoms with E-state index in [2.05, 4.69) is 5.32 Å². The van der Waals surface area contributed by atoms with Crippen molar-refractivity contribution in [1.82, 2.24) is 20.0 Å². The first-order valence-corrected chi connectivity index (χ1v) is 10.5. The average molecular weight is 450 g/mol. The van der Waals surface area contributed by atoms with Crippen molar-refractivity contribution >= 4 is 23.5 Å². The highest BCUT2D eigenvalue weighted by Gasteiger charge is 2.40. The van der Waals surface area contributed by atoms with Crippen LogP contribution in [0.25, 0.3) is 11.3 Å². The minimum atomic E-state index is -0.664. The molecule has 1 aliphatic heterocycles. The zero-order valence-corrected chi connectivity index (χ0v) is 19.5. The van der Waals surface area contributed by atoms with E-state index in [9.17, 15) is 14.0 Å². The zero-order chi connectivity index (χ0) is 23.3. The lowest BCUT2D eigenvalue weighted by Crippen LogP contribution is -2.53. The topological polar surface area (TPSA) is 93.2 Å². The molecule has 0 saturated carbocycles. The summed E-state index contributed by atoms with van der Waals surface area (Å²) in [5.74, 6) is -1.23. The monoisotopic (exact) mass is 449 g/mol. The molecule has 0 saturated heterocycles. The molecule has 0 aliphatic carbocycles. The summed E-state index contributed by atoms with van der Waals surface area (Å²) < 4.78 is 15.5. The first-order chi connectivity index (χ1) is 14.2. The molecule has 168 valence electrons. The summed E-state index contributed by atoms with van der Waals surface area (Å²) in [6.45, 7) is 12.5. The Morgan fingerprint density at radius 3 is 2.39 bits per heavy atom. The standard InChI is InChI=1S/C22H29ClFN5O2/c1-21(2,3)16-11-28(20(31)26-22(4,5)6)10-15-17(19(25)30)18(27-29(15)16)12-7-8-14(24)13(23)9-12/h7-9,16H,10-11H2,1-6H3,(H2,25,30)(H,26,31). The lowest BCUT2D eigenvalue weighted by molar-refractivity contribution is 0.0980. The van der Waals surface area contributed by atoms with Crippen molar-refractivity contribution in [2.45, 2.75) is 59.7 Å². The number of hydrogen-bond acceptors (Lipinski definition) is 3. The molecule has 1 aromatic heterocycles. The fraction of sp³-hybridized carbons (Fsp3) is 0.500. The molecule has 31 heavy (non-hydrogen) atoms. The lowest BCUT2D eigenvalue weighted by Gasteiger charge is -2.41. The molecule has 1 aromatic carbocycles.